The van der Waals surface area contributed by atoms with Gasteiger partial charge in [0.15, 0.2) is 0 Å². The van der Waals surface area contributed by atoms with Gasteiger partial charge in [-0.05, 0) is 38.9 Å². The van der Waals surface area contributed by atoms with E-state index in [0.29, 0.717) is 12.0 Å². The zero-order chi connectivity index (χ0) is 14.5. The fraction of sp³-hybridized carbons (Fsp3) is 0.571. The molecule has 0 radical (unpaired) electrons. The van der Waals surface area contributed by atoms with Crippen molar-refractivity contribution in [2.45, 2.75) is 26.3 Å². The van der Waals surface area contributed by atoms with Crippen LogP contribution in [-0.4, -0.2) is 48.1 Å². The smallest absolute Gasteiger partial charge is 0.226 e. The predicted octanol–water partition coefficient (Wildman–Crippen LogP) is 2.88. The molecule has 2 rings (SSSR count). The number of aromatic nitrogens is 2. The molecule has 2 N–H and O–H groups in total. The first kappa shape index (κ1) is 15.0. The maximum Gasteiger partial charge on any atom is 0.226 e. The molecule has 0 bridgehead atoms. The van der Waals surface area contributed by atoms with Crippen LogP contribution in [-0.2, 0) is 0 Å². The van der Waals surface area contributed by atoms with E-state index in [1.54, 1.807) is 11.3 Å². The van der Waals surface area contributed by atoms with E-state index in [2.05, 4.69) is 64.9 Å². The molecule has 20 heavy (non-hydrogen) atoms. The van der Waals surface area contributed by atoms with Crippen molar-refractivity contribution in [1.82, 2.24) is 14.9 Å². The van der Waals surface area contributed by atoms with E-state index < -0.39 is 0 Å². The molecule has 5 nitrogen and oxygen atoms in total. The normalized spacial score (nSPS) is 12.8. The van der Waals surface area contributed by atoms with Gasteiger partial charge in [0.1, 0.15) is 10.6 Å². The largest absolute Gasteiger partial charge is 0.368 e. The Kier molecular flexibility index (Phi) is 5.14. The molecule has 0 aliphatic heterocycles. The first-order chi connectivity index (χ1) is 9.61. The topological polar surface area (TPSA) is 53.1 Å². The average molecular weight is 293 g/mol. The first-order valence-corrected chi connectivity index (χ1v) is 7.89. The fourth-order valence-electron chi connectivity index (χ4n) is 1.73. The van der Waals surface area contributed by atoms with Crippen molar-refractivity contribution >= 4 is 33.3 Å². The van der Waals surface area contributed by atoms with Gasteiger partial charge in [0.05, 0.1) is 5.39 Å². The van der Waals surface area contributed by atoms with Gasteiger partial charge in [0, 0.05) is 19.1 Å². The molecule has 0 fully saturated rings. The van der Waals surface area contributed by atoms with Gasteiger partial charge in [-0.15, -0.1) is 11.3 Å². The molecule has 1 atom stereocenters. The van der Waals surface area contributed by atoms with Crippen molar-refractivity contribution in [2.75, 3.05) is 37.8 Å². The van der Waals surface area contributed by atoms with Gasteiger partial charge in [-0.3, -0.25) is 0 Å². The Bertz CT molecular complexity index is 551. The van der Waals surface area contributed by atoms with Crippen LogP contribution in [0.4, 0.5) is 11.8 Å². The van der Waals surface area contributed by atoms with Gasteiger partial charge in [-0.1, -0.05) is 6.92 Å². The van der Waals surface area contributed by atoms with Crippen molar-refractivity contribution in [3.8, 4) is 0 Å². The van der Waals surface area contributed by atoms with Crippen LogP contribution in [0.1, 0.15) is 20.3 Å². The molecule has 0 spiro atoms. The number of nitrogens with one attached hydrogen (secondary N) is 2. The van der Waals surface area contributed by atoms with Gasteiger partial charge in [0.25, 0.3) is 0 Å². The molecule has 0 saturated heterocycles. The van der Waals surface area contributed by atoms with E-state index >= 15 is 0 Å². The van der Waals surface area contributed by atoms with E-state index in [4.69, 9.17) is 0 Å². The van der Waals surface area contributed by atoms with Gasteiger partial charge >= 0.3 is 0 Å². The minimum absolute atomic E-state index is 0.450. The molecule has 2 aromatic heterocycles. The number of anilines is 2. The van der Waals surface area contributed by atoms with E-state index in [1.807, 2.05) is 0 Å². The van der Waals surface area contributed by atoms with E-state index in [0.717, 1.165) is 35.5 Å². The highest BCUT2D eigenvalue weighted by Gasteiger charge is 2.10. The molecular weight excluding hydrogens is 270 g/mol. The molecule has 110 valence electrons. The number of fused-ring (bicyclic) bond motifs is 1. The summed E-state index contributed by atoms with van der Waals surface area (Å²) in [6, 6.07) is 2.53. The third-order valence-electron chi connectivity index (χ3n) is 3.30. The lowest BCUT2D eigenvalue weighted by Gasteiger charge is -2.20. The molecular formula is C14H23N5S. The van der Waals surface area contributed by atoms with E-state index in [-0.39, 0.29) is 0 Å². The van der Waals surface area contributed by atoms with Crippen LogP contribution in [0.5, 0.6) is 0 Å². The van der Waals surface area contributed by atoms with Crippen molar-refractivity contribution in [3.63, 3.8) is 0 Å². The molecule has 0 aromatic carbocycles. The van der Waals surface area contributed by atoms with Crippen molar-refractivity contribution < 1.29 is 0 Å². The van der Waals surface area contributed by atoms with Gasteiger partial charge in [0.2, 0.25) is 5.95 Å². The Labute approximate surface area is 124 Å². The van der Waals surface area contributed by atoms with Crippen molar-refractivity contribution in [1.29, 1.82) is 0 Å². The standard InChI is InChI=1S/C14H23N5S/c1-5-7-15-14-17-12(16-9-10(2)19(3)4)11-6-8-20-13(11)18-14/h6,8,10H,5,7,9H2,1-4H3,(H2,15,16,17,18). The molecule has 6 heteroatoms. The first-order valence-electron chi connectivity index (χ1n) is 7.01. The second kappa shape index (κ2) is 6.85. The van der Waals surface area contributed by atoms with Crippen LogP contribution in [0.25, 0.3) is 10.2 Å². The summed E-state index contributed by atoms with van der Waals surface area (Å²) in [5.74, 6) is 1.63. The minimum Gasteiger partial charge on any atom is -0.368 e. The SMILES string of the molecule is CCCNc1nc(NCC(C)N(C)C)c2ccsc2n1. The fourth-order valence-corrected chi connectivity index (χ4v) is 2.50. The molecule has 0 aliphatic rings. The van der Waals surface area contributed by atoms with Crippen LogP contribution in [0.3, 0.4) is 0 Å². The predicted molar refractivity (Wildman–Crippen MR) is 87.8 cm³/mol. The molecule has 2 heterocycles. The Balaban J connectivity index is 2.19. The van der Waals surface area contributed by atoms with Gasteiger partial charge in [-0.25, -0.2) is 4.98 Å². The molecule has 1 unspecified atom stereocenters. The van der Waals surface area contributed by atoms with Gasteiger partial charge < -0.3 is 15.5 Å². The summed E-state index contributed by atoms with van der Waals surface area (Å²) >= 11 is 1.65. The second-order valence-electron chi connectivity index (χ2n) is 5.16. The lowest BCUT2D eigenvalue weighted by atomic mass is 10.3. The summed E-state index contributed by atoms with van der Waals surface area (Å²) in [5, 5.41) is 9.87. The number of hydrogen-bond acceptors (Lipinski definition) is 6. The quantitative estimate of drug-likeness (QED) is 0.822. The minimum atomic E-state index is 0.450. The van der Waals surface area contributed by atoms with Gasteiger partial charge in [-0.2, -0.15) is 4.98 Å². The molecule has 0 amide bonds. The number of thiophene rings is 1. The van der Waals surface area contributed by atoms with Crippen LogP contribution in [0, 0.1) is 0 Å². The molecule has 2 aromatic rings. The average Bonchev–Trinajstić information content (AvgIpc) is 2.90. The van der Waals surface area contributed by atoms with Crippen LogP contribution >= 0.6 is 11.3 Å². The van der Waals surface area contributed by atoms with Crippen molar-refractivity contribution in [2.24, 2.45) is 0 Å². The Morgan fingerprint density at radius 3 is 2.80 bits per heavy atom. The molecule has 0 saturated carbocycles. The number of rotatable bonds is 7. The van der Waals surface area contributed by atoms with Crippen LogP contribution in [0.2, 0.25) is 0 Å². The number of hydrogen-bond donors (Lipinski definition) is 2. The Hall–Kier alpha value is -1.40. The zero-order valence-electron chi connectivity index (χ0n) is 12.6. The van der Waals surface area contributed by atoms with Crippen molar-refractivity contribution in [3.05, 3.63) is 11.4 Å². The highest BCUT2D eigenvalue weighted by molar-refractivity contribution is 7.16. The molecule has 0 aliphatic carbocycles. The summed E-state index contributed by atoms with van der Waals surface area (Å²) in [4.78, 5) is 12.4. The highest BCUT2D eigenvalue weighted by Crippen LogP contribution is 2.26. The number of likely N-dealkylation sites (N-methyl/N-ethyl adjacent to an activating group) is 1. The third-order valence-corrected chi connectivity index (χ3v) is 4.11. The van der Waals surface area contributed by atoms with E-state index in [9.17, 15) is 0 Å². The maximum absolute atomic E-state index is 4.60. The van der Waals surface area contributed by atoms with E-state index in [1.165, 1.54) is 0 Å². The third kappa shape index (κ3) is 3.58. The lowest BCUT2D eigenvalue weighted by Crippen LogP contribution is -2.31. The summed E-state index contributed by atoms with van der Waals surface area (Å²) < 4.78 is 0. The number of nitrogens with zero attached hydrogens (tertiary/aromatic N) is 3. The lowest BCUT2D eigenvalue weighted by molar-refractivity contribution is 0.326. The Morgan fingerprint density at radius 1 is 1.30 bits per heavy atom. The summed E-state index contributed by atoms with van der Waals surface area (Å²) in [6.45, 7) is 6.08. The Morgan fingerprint density at radius 2 is 2.10 bits per heavy atom. The maximum atomic E-state index is 4.60. The second-order valence-corrected chi connectivity index (χ2v) is 6.05. The van der Waals surface area contributed by atoms with Crippen LogP contribution < -0.4 is 10.6 Å². The van der Waals surface area contributed by atoms with Crippen LogP contribution in [0.15, 0.2) is 11.4 Å². The monoisotopic (exact) mass is 293 g/mol. The zero-order valence-corrected chi connectivity index (χ0v) is 13.4. The highest BCUT2D eigenvalue weighted by atomic mass is 32.1. The summed E-state index contributed by atoms with van der Waals surface area (Å²) in [7, 11) is 4.17. The summed E-state index contributed by atoms with van der Waals surface area (Å²) in [5.41, 5.74) is 0. The summed E-state index contributed by atoms with van der Waals surface area (Å²) in [6.07, 6.45) is 1.06.